The monoisotopic (exact) mass is 327 g/mol. The summed E-state index contributed by atoms with van der Waals surface area (Å²) in [6.07, 6.45) is 0.827. The molecule has 22 heavy (non-hydrogen) atoms. The van der Waals surface area contributed by atoms with E-state index in [2.05, 4.69) is 4.72 Å². The molecule has 1 aromatic carbocycles. The number of benzene rings is 1. The number of hydrogen-bond donors (Lipinski definition) is 2. The lowest BCUT2D eigenvalue weighted by Crippen LogP contribution is -2.34. The molecule has 122 valence electrons. The zero-order valence-corrected chi connectivity index (χ0v) is 13.7. The van der Waals surface area contributed by atoms with E-state index in [4.69, 9.17) is 9.84 Å². The van der Waals surface area contributed by atoms with Crippen LogP contribution in [0.25, 0.3) is 0 Å². The second kappa shape index (κ2) is 5.89. The minimum atomic E-state index is -3.82. The number of carboxylic acids is 1. The van der Waals surface area contributed by atoms with Crippen LogP contribution in [0.15, 0.2) is 23.1 Å². The van der Waals surface area contributed by atoms with Gasteiger partial charge in [0.2, 0.25) is 10.0 Å². The molecule has 6 nitrogen and oxygen atoms in total. The van der Waals surface area contributed by atoms with Crippen molar-refractivity contribution in [3.05, 3.63) is 23.8 Å². The standard InChI is InChI=1S/C15H21NO5S/c1-10(2)21-12-5-4-11(3)8-13(12)22(19,20)16-9-15(6-7-15)14(17)18/h4-5,8,10,16H,6-7,9H2,1-3H3,(H,17,18). The summed E-state index contributed by atoms with van der Waals surface area (Å²) < 4.78 is 33.0. The maximum atomic E-state index is 12.5. The van der Waals surface area contributed by atoms with E-state index in [1.165, 1.54) is 6.07 Å². The molecule has 0 aliphatic heterocycles. The molecule has 0 saturated heterocycles. The first-order chi connectivity index (χ1) is 10.2. The number of aryl methyl sites for hydroxylation is 1. The number of carbonyl (C=O) groups is 1. The van der Waals surface area contributed by atoms with Gasteiger partial charge in [0.1, 0.15) is 10.6 Å². The fourth-order valence-electron chi connectivity index (χ4n) is 2.10. The van der Waals surface area contributed by atoms with Crippen LogP contribution in [0.1, 0.15) is 32.3 Å². The summed E-state index contributed by atoms with van der Waals surface area (Å²) in [5, 5.41) is 9.13. The number of sulfonamides is 1. The van der Waals surface area contributed by atoms with Gasteiger partial charge in [-0.05, 0) is 51.3 Å². The van der Waals surface area contributed by atoms with Crippen LogP contribution < -0.4 is 9.46 Å². The predicted octanol–water partition coefficient (Wildman–Crippen LogP) is 1.93. The van der Waals surface area contributed by atoms with Gasteiger partial charge < -0.3 is 9.84 Å². The third kappa shape index (κ3) is 3.59. The third-order valence-corrected chi connectivity index (χ3v) is 5.08. The Labute approximate surface area is 130 Å². The summed E-state index contributed by atoms with van der Waals surface area (Å²) in [7, 11) is -3.82. The van der Waals surface area contributed by atoms with Crippen LogP contribution in [0.3, 0.4) is 0 Å². The van der Waals surface area contributed by atoms with Crippen molar-refractivity contribution in [3.63, 3.8) is 0 Å². The van der Waals surface area contributed by atoms with Crippen molar-refractivity contribution in [1.29, 1.82) is 0 Å². The first-order valence-corrected chi connectivity index (χ1v) is 8.65. The van der Waals surface area contributed by atoms with Gasteiger partial charge in [-0.25, -0.2) is 13.1 Å². The molecule has 0 heterocycles. The molecule has 0 bridgehead atoms. The van der Waals surface area contributed by atoms with Gasteiger partial charge in [-0.15, -0.1) is 0 Å². The Balaban J connectivity index is 2.25. The van der Waals surface area contributed by atoms with Gasteiger partial charge in [0, 0.05) is 6.54 Å². The zero-order valence-electron chi connectivity index (χ0n) is 12.9. The van der Waals surface area contributed by atoms with Crippen molar-refractivity contribution in [1.82, 2.24) is 4.72 Å². The van der Waals surface area contributed by atoms with Crippen molar-refractivity contribution in [2.24, 2.45) is 5.41 Å². The molecular formula is C15H21NO5S. The lowest BCUT2D eigenvalue weighted by atomic mass is 10.1. The van der Waals surface area contributed by atoms with Gasteiger partial charge in [0.15, 0.2) is 0 Å². The van der Waals surface area contributed by atoms with E-state index < -0.39 is 21.4 Å². The first-order valence-electron chi connectivity index (χ1n) is 7.17. The van der Waals surface area contributed by atoms with Gasteiger partial charge in [0.05, 0.1) is 11.5 Å². The largest absolute Gasteiger partial charge is 0.490 e. The average molecular weight is 327 g/mol. The molecule has 0 unspecified atom stereocenters. The van der Waals surface area contributed by atoms with E-state index in [-0.39, 0.29) is 23.3 Å². The first kappa shape index (κ1) is 16.8. The fourth-order valence-corrected chi connectivity index (χ4v) is 3.45. The zero-order chi connectivity index (χ0) is 16.5. The molecule has 1 fully saturated rings. The van der Waals surface area contributed by atoms with Crippen LogP contribution in [-0.2, 0) is 14.8 Å². The quantitative estimate of drug-likeness (QED) is 0.798. The van der Waals surface area contributed by atoms with Crippen molar-refractivity contribution < 1.29 is 23.1 Å². The van der Waals surface area contributed by atoms with Crippen LogP contribution in [0, 0.1) is 12.3 Å². The molecule has 1 aliphatic carbocycles. The molecule has 0 radical (unpaired) electrons. The number of ether oxygens (including phenoxy) is 1. The molecule has 0 amide bonds. The Hall–Kier alpha value is -1.60. The highest BCUT2D eigenvalue weighted by Crippen LogP contribution is 2.45. The molecule has 1 aromatic rings. The van der Waals surface area contributed by atoms with Gasteiger partial charge >= 0.3 is 5.97 Å². The lowest BCUT2D eigenvalue weighted by molar-refractivity contribution is -0.143. The minimum absolute atomic E-state index is 0.0439. The molecule has 2 N–H and O–H groups in total. The highest BCUT2D eigenvalue weighted by molar-refractivity contribution is 7.89. The highest BCUT2D eigenvalue weighted by Gasteiger charge is 2.50. The molecular weight excluding hydrogens is 306 g/mol. The second-order valence-electron chi connectivity index (χ2n) is 6.03. The summed E-state index contributed by atoms with van der Waals surface area (Å²) >= 11 is 0. The topological polar surface area (TPSA) is 92.7 Å². The van der Waals surface area contributed by atoms with Crippen molar-refractivity contribution in [2.45, 2.75) is 44.6 Å². The van der Waals surface area contributed by atoms with Crippen LogP contribution >= 0.6 is 0 Å². The normalized spacial score (nSPS) is 16.5. The summed E-state index contributed by atoms with van der Waals surface area (Å²) in [5.41, 5.74) is -0.161. The van der Waals surface area contributed by atoms with Gasteiger partial charge in [-0.1, -0.05) is 6.07 Å². The number of rotatable bonds is 7. The Bertz CT molecular complexity index is 677. The summed E-state index contributed by atoms with van der Waals surface area (Å²) in [6, 6.07) is 4.92. The SMILES string of the molecule is Cc1ccc(OC(C)C)c(S(=O)(=O)NCC2(C(=O)O)CC2)c1. The van der Waals surface area contributed by atoms with E-state index in [9.17, 15) is 13.2 Å². The van der Waals surface area contributed by atoms with Gasteiger partial charge in [-0.3, -0.25) is 4.79 Å². The number of nitrogens with one attached hydrogen (secondary N) is 1. The Morgan fingerprint density at radius 3 is 2.55 bits per heavy atom. The summed E-state index contributed by atoms with van der Waals surface area (Å²) in [4.78, 5) is 11.2. The number of hydrogen-bond acceptors (Lipinski definition) is 4. The maximum absolute atomic E-state index is 12.5. The second-order valence-corrected chi connectivity index (χ2v) is 7.76. The Morgan fingerprint density at radius 1 is 1.41 bits per heavy atom. The van der Waals surface area contributed by atoms with Crippen molar-refractivity contribution >= 4 is 16.0 Å². The van der Waals surface area contributed by atoms with E-state index in [1.54, 1.807) is 19.1 Å². The predicted molar refractivity (Wildman–Crippen MR) is 81.4 cm³/mol. The molecule has 7 heteroatoms. The third-order valence-electron chi connectivity index (χ3n) is 3.66. The molecule has 0 spiro atoms. The highest BCUT2D eigenvalue weighted by atomic mass is 32.2. The molecule has 2 rings (SSSR count). The smallest absolute Gasteiger partial charge is 0.310 e. The Morgan fingerprint density at radius 2 is 2.05 bits per heavy atom. The molecule has 0 aromatic heterocycles. The number of aliphatic carboxylic acids is 1. The summed E-state index contributed by atoms with van der Waals surface area (Å²) in [5.74, 6) is -0.689. The van der Waals surface area contributed by atoms with Gasteiger partial charge in [-0.2, -0.15) is 0 Å². The fraction of sp³-hybridized carbons (Fsp3) is 0.533. The van der Waals surface area contributed by atoms with E-state index in [0.717, 1.165) is 5.56 Å². The minimum Gasteiger partial charge on any atom is -0.490 e. The molecule has 0 atom stereocenters. The molecule has 1 aliphatic rings. The van der Waals surface area contributed by atoms with Crippen LogP contribution in [0.5, 0.6) is 5.75 Å². The van der Waals surface area contributed by atoms with E-state index in [0.29, 0.717) is 12.8 Å². The van der Waals surface area contributed by atoms with Crippen molar-refractivity contribution in [2.75, 3.05) is 6.54 Å². The van der Waals surface area contributed by atoms with Gasteiger partial charge in [0.25, 0.3) is 0 Å². The maximum Gasteiger partial charge on any atom is 0.310 e. The van der Waals surface area contributed by atoms with E-state index >= 15 is 0 Å². The molecule has 1 saturated carbocycles. The van der Waals surface area contributed by atoms with E-state index in [1.807, 2.05) is 13.8 Å². The van der Waals surface area contributed by atoms with Crippen LogP contribution in [0.4, 0.5) is 0 Å². The average Bonchev–Trinajstić information content (AvgIpc) is 3.19. The van der Waals surface area contributed by atoms with Crippen LogP contribution in [-0.4, -0.2) is 32.1 Å². The lowest BCUT2D eigenvalue weighted by Gasteiger charge is -2.17. The summed E-state index contributed by atoms with van der Waals surface area (Å²) in [6.45, 7) is 5.32. The Kier molecular flexibility index (Phi) is 4.49. The van der Waals surface area contributed by atoms with Crippen LogP contribution in [0.2, 0.25) is 0 Å². The van der Waals surface area contributed by atoms with Crippen molar-refractivity contribution in [3.8, 4) is 5.75 Å². The number of carboxylic acid groups (broad SMARTS) is 1.